The molecular weight excluding hydrogens is 500 g/mol. The average molecular weight is 539 g/mol. The van der Waals surface area contributed by atoms with Crippen molar-refractivity contribution < 1.29 is 28.7 Å². The average Bonchev–Trinajstić information content (AvgIpc) is 2.80. The Morgan fingerprint density at radius 3 is 2.05 bits per heavy atom. The van der Waals surface area contributed by atoms with Crippen LogP contribution in [0.2, 0.25) is 0 Å². The number of alkyl carbamates (subject to hydrolysis) is 1. The van der Waals surface area contributed by atoms with Crippen LogP contribution >= 0.6 is 11.6 Å². The zero-order chi connectivity index (χ0) is 28.2. The molecule has 1 aromatic carbocycles. The Balaban J connectivity index is 2.72. The van der Waals surface area contributed by atoms with Crippen molar-refractivity contribution in [1.82, 2.24) is 21.3 Å². The number of hydrogen-bond acceptors (Lipinski definition) is 6. The van der Waals surface area contributed by atoms with Gasteiger partial charge in [-0.05, 0) is 45.6 Å². The van der Waals surface area contributed by atoms with Crippen LogP contribution in [0.15, 0.2) is 30.3 Å². The molecule has 1 aromatic rings. The number of hydrogen-bond donors (Lipinski definition) is 4. The van der Waals surface area contributed by atoms with Crippen molar-refractivity contribution in [3.05, 3.63) is 35.9 Å². The highest BCUT2D eigenvalue weighted by atomic mass is 35.5. The Morgan fingerprint density at radius 1 is 0.892 bits per heavy atom. The molecule has 0 aliphatic heterocycles. The summed E-state index contributed by atoms with van der Waals surface area (Å²) in [4.78, 5) is 62.1. The molecule has 10 nitrogen and oxygen atoms in total. The number of nitrogens with one attached hydrogen (secondary N) is 4. The van der Waals surface area contributed by atoms with E-state index in [1.54, 1.807) is 20.8 Å². The van der Waals surface area contributed by atoms with Crippen LogP contribution in [0.3, 0.4) is 0 Å². The van der Waals surface area contributed by atoms with Crippen LogP contribution in [0.25, 0.3) is 0 Å². The standard InChI is InChI=1S/C26H39ClN4O6/c1-16(2)12-19(21(32)14-27)30-23(34)17(3)29-22(33)15-28-24(35)20(13-18-10-8-7-9-11-18)31-25(36)37-26(4,5)6/h7-11,16-17,19-20H,12-15H2,1-6H3,(H,28,35)(H,29,33)(H,30,34)(H,31,36)/t17-,19-,20-/m0/s1. The lowest BCUT2D eigenvalue weighted by atomic mass is 10.0. The van der Waals surface area contributed by atoms with Crippen LogP contribution in [0, 0.1) is 5.92 Å². The number of rotatable bonds is 13. The zero-order valence-electron chi connectivity index (χ0n) is 22.4. The highest BCUT2D eigenvalue weighted by Crippen LogP contribution is 2.09. The van der Waals surface area contributed by atoms with E-state index in [9.17, 15) is 24.0 Å². The largest absolute Gasteiger partial charge is 0.444 e. The van der Waals surface area contributed by atoms with Crippen LogP contribution in [0.5, 0.6) is 0 Å². The molecule has 0 radical (unpaired) electrons. The predicted molar refractivity (Wildman–Crippen MR) is 141 cm³/mol. The molecule has 0 saturated heterocycles. The number of Topliss-reactive ketones (excluding diaryl/α,β-unsaturated/α-hetero) is 1. The van der Waals surface area contributed by atoms with Crippen LogP contribution in [0.4, 0.5) is 4.79 Å². The van der Waals surface area contributed by atoms with Crippen LogP contribution in [0.1, 0.15) is 53.5 Å². The van der Waals surface area contributed by atoms with Crippen LogP contribution in [-0.4, -0.2) is 65.7 Å². The Kier molecular flexibility index (Phi) is 13.1. The maximum absolute atomic E-state index is 12.8. The second kappa shape index (κ2) is 15.2. The van der Waals surface area contributed by atoms with E-state index in [-0.39, 0.29) is 24.0 Å². The molecule has 0 saturated carbocycles. The summed E-state index contributed by atoms with van der Waals surface area (Å²) in [6.07, 6.45) is -0.166. The van der Waals surface area contributed by atoms with Gasteiger partial charge in [0.2, 0.25) is 17.7 Å². The molecule has 0 aromatic heterocycles. The highest BCUT2D eigenvalue weighted by Gasteiger charge is 2.27. The third-order valence-electron chi connectivity index (χ3n) is 5.03. The monoisotopic (exact) mass is 538 g/mol. The van der Waals surface area contributed by atoms with E-state index in [1.165, 1.54) is 6.92 Å². The molecule has 1 rings (SSSR count). The van der Waals surface area contributed by atoms with Gasteiger partial charge in [0, 0.05) is 6.42 Å². The van der Waals surface area contributed by atoms with Gasteiger partial charge in [-0.15, -0.1) is 11.6 Å². The van der Waals surface area contributed by atoms with E-state index < -0.39 is 54.1 Å². The zero-order valence-corrected chi connectivity index (χ0v) is 23.1. The summed E-state index contributed by atoms with van der Waals surface area (Å²) in [5.41, 5.74) is 0.0488. The molecule has 0 spiro atoms. The Hall–Kier alpha value is -3.14. The van der Waals surface area contributed by atoms with E-state index in [2.05, 4.69) is 21.3 Å². The summed E-state index contributed by atoms with van der Waals surface area (Å²) in [5.74, 6) is -2.14. The first-order valence-corrected chi connectivity index (χ1v) is 12.7. The molecule has 4 amide bonds. The van der Waals surface area contributed by atoms with Gasteiger partial charge in [0.15, 0.2) is 5.78 Å². The molecule has 0 aliphatic carbocycles. The lowest BCUT2D eigenvalue weighted by Crippen LogP contribution is -2.54. The Morgan fingerprint density at radius 2 is 1.51 bits per heavy atom. The third-order valence-corrected chi connectivity index (χ3v) is 5.29. The van der Waals surface area contributed by atoms with Crippen molar-refractivity contribution in [3.63, 3.8) is 0 Å². The molecule has 206 valence electrons. The summed E-state index contributed by atoms with van der Waals surface area (Å²) in [7, 11) is 0. The fourth-order valence-corrected chi connectivity index (χ4v) is 3.48. The van der Waals surface area contributed by atoms with Crippen molar-refractivity contribution in [2.75, 3.05) is 12.4 Å². The van der Waals surface area contributed by atoms with E-state index in [0.717, 1.165) is 5.56 Å². The summed E-state index contributed by atoms with van der Waals surface area (Å²) in [6, 6.07) is 6.37. The molecule has 0 aliphatic rings. The maximum Gasteiger partial charge on any atom is 0.408 e. The highest BCUT2D eigenvalue weighted by molar-refractivity contribution is 6.28. The molecule has 0 unspecified atom stereocenters. The second-order valence-corrected chi connectivity index (χ2v) is 10.5. The van der Waals surface area contributed by atoms with Gasteiger partial charge in [-0.3, -0.25) is 19.2 Å². The topological polar surface area (TPSA) is 143 Å². The van der Waals surface area contributed by atoms with Gasteiger partial charge >= 0.3 is 6.09 Å². The quantitative estimate of drug-likeness (QED) is 0.283. The number of carbonyl (C=O) groups excluding carboxylic acids is 5. The smallest absolute Gasteiger partial charge is 0.408 e. The van der Waals surface area contributed by atoms with Gasteiger partial charge in [0.25, 0.3) is 0 Å². The minimum absolute atomic E-state index is 0.149. The molecule has 37 heavy (non-hydrogen) atoms. The molecule has 3 atom stereocenters. The molecule has 0 bridgehead atoms. The molecule has 0 fully saturated rings. The summed E-state index contributed by atoms with van der Waals surface area (Å²) in [6.45, 7) is 9.99. The number of benzene rings is 1. The minimum Gasteiger partial charge on any atom is -0.444 e. The van der Waals surface area contributed by atoms with Gasteiger partial charge < -0.3 is 26.0 Å². The lowest BCUT2D eigenvalue weighted by molar-refractivity contribution is -0.131. The van der Waals surface area contributed by atoms with Crippen LogP contribution < -0.4 is 21.3 Å². The first kappa shape index (κ1) is 31.9. The lowest BCUT2D eigenvalue weighted by Gasteiger charge is -2.23. The first-order valence-electron chi connectivity index (χ1n) is 12.2. The van der Waals surface area contributed by atoms with E-state index in [4.69, 9.17) is 16.3 Å². The predicted octanol–water partition coefficient (Wildman–Crippen LogP) is 2.08. The number of carbonyl (C=O) groups is 5. The normalized spacial score (nSPS) is 13.6. The first-order chi connectivity index (χ1) is 17.2. The van der Waals surface area contributed by atoms with Gasteiger partial charge in [-0.1, -0.05) is 44.2 Å². The molecule has 4 N–H and O–H groups in total. The maximum atomic E-state index is 12.8. The van der Waals surface area contributed by atoms with E-state index in [0.29, 0.717) is 6.42 Å². The van der Waals surface area contributed by atoms with E-state index in [1.807, 2.05) is 44.2 Å². The van der Waals surface area contributed by atoms with E-state index >= 15 is 0 Å². The number of amides is 4. The van der Waals surface area contributed by atoms with Gasteiger partial charge in [0.05, 0.1) is 18.5 Å². The van der Waals surface area contributed by atoms with Crippen molar-refractivity contribution in [2.24, 2.45) is 5.92 Å². The fourth-order valence-electron chi connectivity index (χ4n) is 3.29. The number of halogens is 1. The summed E-state index contributed by atoms with van der Waals surface area (Å²) >= 11 is 5.64. The fraction of sp³-hybridized carbons (Fsp3) is 0.577. The number of alkyl halides is 1. The SMILES string of the molecule is CC(C)C[C@H](NC(=O)[C@H](C)NC(=O)CNC(=O)[C@H](Cc1ccccc1)NC(=O)OC(C)(C)C)C(=O)CCl. The molecule has 11 heteroatoms. The summed E-state index contributed by atoms with van der Waals surface area (Å²) in [5, 5.41) is 10.1. The van der Waals surface area contributed by atoms with Crippen molar-refractivity contribution >= 4 is 41.2 Å². The number of ether oxygens (including phenoxy) is 1. The van der Waals surface area contributed by atoms with Crippen LogP contribution in [-0.2, 0) is 30.3 Å². The Labute approximate surface area is 223 Å². The number of ketones is 1. The molecular formula is C26H39ClN4O6. The summed E-state index contributed by atoms with van der Waals surface area (Å²) < 4.78 is 5.26. The van der Waals surface area contributed by atoms with Gasteiger partial charge in [0.1, 0.15) is 17.7 Å². The molecule has 0 heterocycles. The van der Waals surface area contributed by atoms with Crippen molar-refractivity contribution in [3.8, 4) is 0 Å². The second-order valence-electron chi connectivity index (χ2n) is 10.2. The van der Waals surface area contributed by atoms with Crippen molar-refractivity contribution in [1.29, 1.82) is 0 Å². The van der Waals surface area contributed by atoms with Crippen molar-refractivity contribution in [2.45, 2.75) is 78.1 Å². The van der Waals surface area contributed by atoms with Gasteiger partial charge in [-0.25, -0.2) is 4.79 Å². The minimum atomic E-state index is -0.996. The Bertz CT molecular complexity index is 933. The van der Waals surface area contributed by atoms with Gasteiger partial charge in [-0.2, -0.15) is 0 Å². The third kappa shape index (κ3) is 13.1.